The highest BCUT2D eigenvalue weighted by atomic mass is 16.5. The Kier molecular flexibility index (Phi) is 5.67. The smallest absolute Gasteiger partial charge is 0.230 e. The summed E-state index contributed by atoms with van der Waals surface area (Å²) >= 11 is 0. The number of hydrogen-bond donors (Lipinski definition) is 1. The van der Waals surface area contributed by atoms with E-state index in [1.54, 1.807) is 6.33 Å². The topological polar surface area (TPSA) is 81.2 Å². The Morgan fingerprint density at radius 2 is 1.66 bits per heavy atom. The minimum Gasteiger partial charge on any atom is -0.420 e. The molecule has 178 valence electrons. The number of nitrogens with zero attached hydrogens (tertiary/aromatic N) is 5. The molecule has 6 rings (SSSR count). The van der Waals surface area contributed by atoms with Gasteiger partial charge in [-0.25, -0.2) is 9.67 Å². The maximum Gasteiger partial charge on any atom is 0.230 e. The van der Waals surface area contributed by atoms with Crippen molar-refractivity contribution in [3.63, 3.8) is 0 Å². The van der Waals surface area contributed by atoms with E-state index in [1.807, 2.05) is 64.7 Å². The number of aryl methyl sites for hydroxylation is 1. The molecule has 2 aliphatic rings. The fourth-order valence-corrected chi connectivity index (χ4v) is 5.00. The highest BCUT2D eigenvalue weighted by Gasteiger charge is 2.37. The number of para-hydroxylation sites is 1. The molecule has 8 nitrogen and oxygen atoms in total. The number of aromatic nitrogens is 4. The first-order valence-electron chi connectivity index (χ1n) is 12.0. The molecule has 0 spiro atoms. The maximum atomic E-state index is 9.18. The number of fused-ring (bicyclic) bond motifs is 2. The van der Waals surface area contributed by atoms with E-state index in [0.717, 1.165) is 60.9 Å². The lowest BCUT2D eigenvalue weighted by Crippen LogP contribution is -2.40. The Morgan fingerprint density at radius 1 is 0.943 bits per heavy atom. The van der Waals surface area contributed by atoms with Crippen molar-refractivity contribution in [2.24, 2.45) is 0 Å². The zero-order chi connectivity index (χ0) is 23.8. The molecule has 4 heterocycles. The predicted octanol–water partition coefficient (Wildman–Crippen LogP) is 3.47. The van der Waals surface area contributed by atoms with Gasteiger partial charge in [0.25, 0.3) is 0 Å². The van der Waals surface area contributed by atoms with E-state index in [0.29, 0.717) is 23.8 Å². The molecule has 2 aliphatic heterocycles. The van der Waals surface area contributed by atoms with Gasteiger partial charge in [-0.15, -0.1) is 0 Å². The molecule has 8 heteroatoms. The number of benzene rings is 2. The van der Waals surface area contributed by atoms with E-state index in [9.17, 15) is 5.41 Å². The molecule has 0 saturated carbocycles. The van der Waals surface area contributed by atoms with Crippen LogP contribution in [0.4, 0.5) is 0 Å². The average Bonchev–Trinajstić information content (AvgIpc) is 3.24. The Labute approximate surface area is 203 Å². The fourth-order valence-electron chi connectivity index (χ4n) is 5.00. The van der Waals surface area contributed by atoms with Crippen LogP contribution >= 0.6 is 0 Å². The molecule has 1 fully saturated rings. The number of ether oxygens (including phenoxy) is 2. The van der Waals surface area contributed by atoms with Gasteiger partial charge in [-0.1, -0.05) is 48.5 Å². The highest BCUT2D eigenvalue weighted by Crippen LogP contribution is 2.47. The summed E-state index contributed by atoms with van der Waals surface area (Å²) in [4.78, 5) is 7.07. The molecule has 1 saturated heterocycles. The molecular formula is C27H28N6O2. The standard InChI is InChI=1S/C27H28N6O2/c1-19-22-23(20-8-4-2-5-9-20)24-25(28)32(13-12-31-14-16-34-17-15-31)18-29-26(24)35-27(22)33(30-19)21-10-6-3-7-11-21/h2-11,18,23,28H,12-17H2,1H3. The number of hydrogen-bond acceptors (Lipinski definition) is 6. The zero-order valence-corrected chi connectivity index (χ0v) is 19.7. The number of morpholine rings is 1. The van der Waals surface area contributed by atoms with Crippen LogP contribution in [-0.2, 0) is 11.3 Å². The zero-order valence-electron chi connectivity index (χ0n) is 19.7. The molecule has 4 aromatic rings. The lowest BCUT2D eigenvalue weighted by molar-refractivity contribution is 0.0362. The first kappa shape index (κ1) is 21.8. The van der Waals surface area contributed by atoms with Crippen LogP contribution in [-0.4, -0.2) is 57.1 Å². The van der Waals surface area contributed by atoms with E-state index in [1.165, 1.54) is 0 Å². The second-order valence-electron chi connectivity index (χ2n) is 8.96. The number of rotatable bonds is 5. The van der Waals surface area contributed by atoms with Crippen LogP contribution in [0.5, 0.6) is 11.8 Å². The number of nitrogens with one attached hydrogen (secondary N) is 1. The van der Waals surface area contributed by atoms with Crippen LogP contribution in [0, 0.1) is 12.3 Å². The molecule has 2 aromatic carbocycles. The molecule has 35 heavy (non-hydrogen) atoms. The van der Waals surface area contributed by atoms with Crippen LogP contribution in [0.15, 0.2) is 67.0 Å². The molecule has 1 unspecified atom stereocenters. The normalized spacial score (nSPS) is 17.5. The van der Waals surface area contributed by atoms with Gasteiger partial charge < -0.3 is 14.0 Å². The maximum absolute atomic E-state index is 9.18. The monoisotopic (exact) mass is 468 g/mol. The minimum atomic E-state index is -0.191. The van der Waals surface area contributed by atoms with Crippen molar-refractivity contribution in [2.75, 3.05) is 32.8 Å². The van der Waals surface area contributed by atoms with Crippen molar-refractivity contribution >= 4 is 0 Å². The Hall–Kier alpha value is -3.75. The molecule has 0 bridgehead atoms. The Bertz CT molecular complexity index is 1390. The largest absolute Gasteiger partial charge is 0.420 e. The van der Waals surface area contributed by atoms with E-state index >= 15 is 0 Å². The predicted molar refractivity (Wildman–Crippen MR) is 131 cm³/mol. The summed E-state index contributed by atoms with van der Waals surface area (Å²) < 4.78 is 15.6. The summed E-state index contributed by atoms with van der Waals surface area (Å²) in [5, 5.41) is 14.0. The first-order valence-corrected chi connectivity index (χ1v) is 12.0. The van der Waals surface area contributed by atoms with Crippen LogP contribution < -0.4 is 10.2 Å². The van der Waals surface area contributed by atoms with Gasteiger partial charge in [0.05, 0.1) is 41.6 Å². The third kappa shape index (κ3) is 3.94. The second kappa shape index (κ2) is 9.13. The first-order chi connectivity index (χ1) is 17.2. The van der Waals surface area contributed by atoms with Gasteiger partial charge in [0.15, 0.2) is 0 Å². The van der Waals surface area contributed by atoms with E-state index < -0.39 is 0 Å². The van der Waals surface area contributed by atoms with E-state index in [2.05, 4.69) is 17.0 Å². The average molecular weight is 469 g/mol. The van der Waals surface area contributed by atoms with Crippen molar-refractivity contribution < 1.29 is 9.47 Å². The van der Waals surface area contributed by atoms with Crippen LogP contribution in [0.2, 0.25) is 0 Å². The molecule has 1 N–H and O–H groups in total. The summed E-state index contributed by atoms with van der Waals surface area (Å²) in [6, 6.07) is 20.3. The van der Waals surface area contributed by atoms with Crippen molar-refractivity contribution in [1.29, 1.82) is 5.41 Å². The molecule has 2 aromatic heterocycles. The summed E-state index contributed by atoms with van der Waals surface area (Å²) in [7, 11) is 0. The molecule has 0 radical (unpaired) electrons. The summed E-state index contributed by atoms with van der Waals surface area (Å²) in [6.07, 6.45) is 1.73. The molecule has 1 atom stereocenters. The highest BCUT2D eigenvalue weighted by molar-refractivity contribution is 5.57. The van der Waals surface area contributed by atoms with Crippen LogP contribution in [0.1, 0.15) is 28.3 Å². The quantitative estimate of drug-likeness (QED) is 0.427. The lowest BCUT2D eigenvalue weighted by Gasteiger charge is -2.29. The summed E-state index contributed by atoms with van der Waals surface area (Å²) in [6.45, 7) is 6.92. The van der Waals surface area contributed by atoms with Crippen LogP contribution in [0.3, 0.4) is 0 Å². The lowest BCUT2D eigenvalue weighted by atomic mass is 9.84. The van der Waals surface area contributed by atoms with Gasteiger partial charge >= 0.3 is 0 Å². The van der Waals surface area contributed by atoms with Crippen LogP contribution in [0.25, 0.3) is 5.69 Å². The Morgan fingerprint density at radius 3 is 2.40 bits per heavy atom. The third-order valence-electron chi connectivity index (χ3n) is 6.81. The van der Waals surface area contributed by atoms with Crippen molar-refractivity contribution in [1.82, 2.24) is 24.2 Å². The SMILES string of the molecule is Cc1nn(-c2ccccc2)c2c1C(c1ccccc1)c1c(ncn(CCN3CCOCC3)c1=N)O2. The van der Waals surface area contributed by atoms with E-state index in [-0.39, 0.29) is 5.92 Å². The second-order valence-corrected chi connectivity index (χ2v) is 8.96. The summed E-state index contributed by atoms with van der Waals surface area (Å²) in [5.41, 5.74) is 5.09. The van der Waals surface area contributed by atoms with E-state index in [4.69, 9.17) is 19.6 Å². The van der Waals surface area contributed by atoms with Crippen molar-refractivity contribution in [2.45, 2.75) is 19.4 Å². The summed E-state index contributed by atoms with van der Waals surface area (Å²) in [5.74, 6) is 0.937. The van der Waals surface area contributed by atoms with Gasteiger partial charge in [-0.3, -0.25) is 10.3 Å². The minimum absolute atomic E-state index is 0.191. The molecular weight excluding hydrogens is 440 g/mol. The van der Waals surface area contributed by atoms with Gasteiger partial charge in [0.2, 0.25) is 11.8 Å². The molecule has 0 amide bonds. The van der Waals surface area contributed by atoms with Crippen molar-refractivity contribution in [3.8, 4) is 17.4 Å². The van der Waals surface area contributed by atoms with Gasteiger partial charge in [-0.05, 0) is 24.6 Å². The molecule has 0 aliphatic carbocycles. The van der Waals surface area contributed by atoms with Gasteiger partial charge in [0, 0.05) is 26.2 Å². The van der Waals surface area contributed by atoms with Crippen molar-refractivity contribution in [3.05, 3.63) is 94.9 Å². The Balaban J connectivity index is 1.46. The van der Waals surface area contributed by atoms with Gasteiger partial charge in [0.1, 0.15) is 11.8 Å². The fraction of sp³-hybridized carbons (Fsp3) is 0.296. The van der Waals surface area contributed by atoms with Gasteiger partial charge in [-0.2, -0.15) is 5.10 Å². The third-order valence-corrected chi connectivity index (χ3v) is 6.81.